The standard InChI is InChI=1S/C15H20N4O4/c1-10-9-11(7-8-13(10)19(22)23)14(20)17-18(15(16)21)12-5-3-2-4-6-12/h7-9,12H,2-6H2,1H3,(H2,16,21)(H,17,20). The molecular weight excluding hydrogens is 300 g/mol. The average molecular weight is 320 g/mol. The second kappa shape index (κ2) is 7.08. The summed E-state index contributed by atoms with van der Waals surface area (Å²) in [7, 11) is 0. The van der Waals surface area contributed by atoms with Crippen LogP contribution in [0.3, 0.4) is 0 Å². The number of nitrogens with two attached hydrogens (primary N) is 1. The van der Waals surface area contributed by atoms with Gasteiger partial charge in [-0.3, -0.25) is 20.3 Å². The van der Waals surface area contributed by atoms with Crippen molar-refractivity contribution in [2.24, 2.45) is 5.73 Å². The summed E-state index contributed by atoms with van der Waals surface area (Å²) >= 11 is 0. The van der Waals surface area contributed by atoms with Crippen molar-refractivity contribution in [3.63, 3.8) is 0 Å². The zero-order valence-corrected chi connectivity index (χ0v) is 12.9. The van der Waals surface area contributed by atoms with E-state index in [4.69, 9.17) is 5.73 Å². The van der Waals surface area contributed by atoms with E-state index < -0.39 is 16.9 Å². The van der Waals surface area contributed by atoms with Gasteiger partial charge in [0, 0.05) is 17.2 Å². The Kier molecular flexibility index (Phi) is 5.15. The topological polar surface area (TPSA) is 119 Å². The maximum absolute atomic E-state index is 12.3. The second-order valence-electron chi connectivity index (χ2n) is 5.70. The maximum atomic E-state index is 12.3. The van der Waals surface area contributed by atoms with E-state index in [0.29, 0.717) is 5.56 Å². The van der Waals surface area contributed by atoms with Crippen molar-refractivity contribution in [1.82, 2.24) is 10.4 Å². The Morgan fingerprint density at radius 2 is 1.96 bits per heavy atom. The largest absolute Gasteiger partial charge is 0.350 e. The summed E-state index contributed by atoms with van der Waals surface area (Å²) in [6, 6.07) is 3.25. The van der Waals surface area contributed by atoms with E-state index in [0.717, 1.165) is 32.1 Å². The highest BCUT2D eigenvalue weighted by Gasteiger charge is 2.26. The highest BCUT2D eigenvalue weighted by atomic mass is 16.6. The van der Waals surface area contributed by atoms with Gasteiger partial charge < -0.3 is 5.73 Å². The predicted octanol–water partition coefficient (Wildman–Crippen LogP) is 2.26. The van der Waals surface area contributed by atoms with Gasteiger partial charge in [-0.1, -0.05) is 19.3 Å². The molecule has 0 saturated heterocycles. The van der Waals surface area contributed by atoms with Crippen LogP contribution in [0.25, 0.3) is 0 Å². The Morgan fingerprint density at radius 1 is 1.30 bits per heavy atom. The minimum absolute atomic E-state index is 0.0550. The first kappa shape index (κ1) is 16.7. The van der Waals surface area contributed by atoms with Gasteiger partial charge in [0.15, 0.2) is 0 Å². The monoisotopic (exact) mass is 320 g/mol. The number of carbonyl (C=O) groups excluding carboxylic acids is 2. The van der Waals surface area contributed by atoms with E-state index >= 15 is 0 Å². The molecule has 3 N–H and O–H groups in total. The number of hydrazine groups is 1. The minimum Gasteiger partial charge on any atom is -0.350 e. The van der Waals surface area contributed by atoms with Crippen LogP contribution >= 0.6 is 0 Å². The highest BCUT2D eigenvalue weighted by Crippen LogP contribution is 2.22. The van der Waals surface area contributed by atoms with Crippen molar-refractivity contribution in [2.45, 2.75) is 45.1 Å². The Hall–Kier alpha value is -2.64. The van der Waals surface area contributed by atoms with E-state index in [-0.39, 0.29) is 17.3 Å². The van der Waals surface area contributed by atoms with Gasteiger partial charge in [0.2, 0.25) is 0 Å². The number of rotatable bonds is 3. The summed E-state index contributed by atoms with van der Waals surface area (Å²) in [6.07, 6.45) is 4.67. The second-order valence-corrected chi connectivity index (χ2v) is 5.70. The van der Waals surface area contributed by atoms with Crippen molar-refractivity contribution in [3.05, 3.63) is 39.4 Å². The molecule has 8 nitrogen and oxygen atoms in total. The number of hydrogen-bond acceptors (Lipinski definition) is 4. The number of carbonyl (C=O) groups is 2. The summed E-state index contributed by atoms with van der Waals surface area (Å²) in [4.78, 5) is 34.2. The molecule has 1 fully saturated rings. The molecule has 1 saturated carbocycles. The van der Waals surface area contributed by atoms with Crippen LogP contribution in [-0.4, -0.2) is 27.9 Å². The molecule has 0 bridgehead atoms. The molecule has 1 aromatic rings. The lowest BCUT2D eigenvalue weighted by atomic mass is 9.95. The molecule has 3 amide bonds. The Bertz CT molecular complexity index is 626. The molecule has 0 aromatic heterocycles. The zero-order valence-electron chi connectivity index (χ0n) is 12.9. The summed E-state index contributed by atoms with van der Waals surface area (Å²) < 4.78 is 0. The van der Waals surface area contributed by atoms with Gasteiger partial charge in [0.1, 0.15) is 0 Å². The number of nitro groups is 1. The molecule has 23 heavy (non-hydrogen) atoms. The van der Waals surface area contributed by atoms with Crippen LogP contribution in [0.5, 0.6) is 0 Å². The van der Waals surface area contributed by atoms with Crippen LogP contribution in [0.15, 0.2) is 18.2 Å². The van der Waals surface area contributed by atoms with Gasteiger partial charge in [0.05, 0.1) is 11.0 Å². The van der Waals surface area contributed by atoms with Crippen LogP contribution in [0.2, 0.25) is 0 Å². The molecule has 0 heterocycles. The molecule has 8 heteroatoms. The summed E-state index contributed by atoms with van der Waals surface area (Å²) in [6.45, 7) is 1.56. The number of amides is 3. The van der Waals surface area contributed by atoms with E-state index in [9.17, 15) is 19.7 Å². The van der Waals surface area contributed by atoms with Crippen LogP contribution in [-0.2, 0) is 0 Å². The Morgan fingerprint density at radius 3 is 2.48 bits per heavy atom. The summed E-state index contributed by atoms with van der Waals surface area (Å²) in [5, 5.41) is 12.0. The molecule has 0 atom stereocenters. The van der Waals surface area contributed by atoms with E-state index in [1.165, 1.54) is 23.2 Å². The fourth-order valence-electron chi connectivity index (χ4n) is 2.84. The highest BCUT2D eigenvalue weighted by molar-refractivity contribution is 5.95. The number of hydrogen-bond donors (Lipinski definition) is 2. The van der Waals surface area contributed by atoms with Crippen molar-refractivity contribution < 1.29 is 14.5 Å². The third-order valence-corrected chi connectivity index (χ3v) is 4.05. The third kappa shape index (κ3) is 3.97. The van der Waals surface area contributed by atoms with Gasteiger partial charge >= 0.3 is 6.03 Å². The fourth-order valence-corrected chi connectivity index (χ4v) is 2.84. The first-order chi connectivity index (χ1) is 10.9. The van der Waals surface area contributed by atoms with Crippen LogP contribution in [0, 0.1) is 17.0 Å². The quantitative estimate of drug-likeness (QED) is 0.655. The summed E-state index contributed by atoms with van der Waals surface area (Å²) in [5.41, 5.74) is 8.47. The van der Waals surface area contributed by atoms with Crippen molar-refractivity contribution >= 4 is 17.6 Å². The molecule has 124 valence electrons. The number of benzene rings is 1. The lowest BCUT2D eigenvalue weighted by Crippen LogP contribution is -2.54. The smallest absolute Gasteiger partial charge is 0.333 e. The minimum atomic E-state index is -0.705. The summed E-state index contributed by atoms with van der Waals surface area (Å²) in [5.74, 6) is -0.507. The molecular formula is C15H20N4O4. The average Bonchev–Trinajstić information content (AvgIpc) is 2.52. The van der Waals surface area contributed by atoms with Gasteiger partial charge in [0.25, 0.3) is 11.6 Å². The lowest BCUT2D eigenvalue weighted by molar-refractivity contribution is -0.385. The van der Waals surface area contributed by atoms with Crippen LogP contribution in [0.1, 0.15) is 48.0 Å². The predicted molar refractivity (Wildman–Crippen MR) is 83.6 cm³/mol. The SMILES string of the molecule is Cc1cc(C(=O)NN(C(N)=O)C2CCCCC2)ccc1[N+](=O)[O-]. The number of primary amides is 1. The van der Waals surface area contributed by atoms with Gasteiger partial charge in [-0.05, 0) is 31.9 Å². The van der Waals surface area contributed by atoms with E-state index in [2.05, 4.69) is 5.43 Å². The molecule has 0 unspecified atom stereocenters. The first-order valence-corrected chi connectivity index (χ1v) is 7.55. The van der Waals surface area contributed by atoms with Crippen molar-refractivity contribution in [1.29, 1.82) is 0 Å². The molecule has 1 aliphatic carbocycles. The lowest BCUT2D eigenvalue weighted by Gasteiger charge is -2.32. The maximum Gasteiger partial charge on any atom is 0.333 e. The molecule has 0 aliphatic heterocycles. The molecule has 1 aliphatic rings. The molecule has 2 rings (SSSR count). The Labute approximate surface area is 133 Å². The number of nitrogens with one attached hydrogen (secondary N) is 1. The van der Waals surface area contributed by atoms with Gasteiger partial charge in [-0.25, -0.2) is 9.80 Å². The van der Waals surface area contributed by atoms with E-state index in [1.54, 1.807) is 6.92 Å². The number of nitro benzene ring substituents is 1. The number of urea groups is 1. The normalized spacial score (nSPS) is 15.0. The first-order valence-electron chi connectivity index (χ1n) is 7.55. The third-order valence-electron chi connectivity index (χ3n) is 4.05. The number of aryl methyl sites for hydroxylation is 1. The van der Waals surface area contributed by atoms with Gasteiger partial charge in [-0.15, -0.1) is 0 Å². The molecule has 0 spiro atoms. The van der Waals surface area contributed by atoms with E-state index in [1.807, 2.05) is 0 Å². The van der Waals surface area contributed by atoms with Crippen LogP contribution in [0.4, 0.5) is 10.5 Å². The Balaban J connectivity index is 2.13. The molecule has 1 aromatic carbocycles. The molecule has 0 radical (unpaired) electrons. The fraction of sp³-hybridized carbons (Fsp3) is 0.467. The van der Waals surface area contributed by atoms with Gasteiger partial charge in [-0.2, -0.15) is 0 Å². The van der Waals surface area contributed by atoms with Crippen molar-refractivity contribution in [2.75, 3.05) is 0 Å². The van der Waals surface area contributed by atoms with Crippen LogP contribution < -0.4 is 11.2 Å². The van der Waals surface area contributed by atoms with Crippen molar-refractivity contribution in [3.8, 4) is 0 Å². The number of nitrogens with zero attached hydrogens (tertiary/aromatic N) is 2. The zero-order chi connectivity index (χ0) is 17.0.